The van der Waals surface area contributed by atoms with Crippen LogP contribution >= 0.6 is 0 Å². The Hall–Kier alpha value is -1.68. The van der Waals surface area contributed by atoms with Crippen molar-refractivity contribution in [3.63, 3.8) is 0 Å². The van der Waals surface area contributed by atoms with Gasteiger partial charge in [0, 0.05) is 50.7 Å². The summed E-state index contributed by atoms with van der Waals surface area (Å²) >= 11 is 0. The Balaban J connectivity index is 1.10. The predicted octanol–water partition coefficient (Wildman–Crippen LogP) is 3.47. The van der Waals surface area contributed by atoms with Gasteiger partial charge in [0.2, 0.25) is 0 Å². The number of fused-ring (bicyclic) bond motifs is 1. The van der Waals surface area contributed by atoms with Gasteiger partial charge in [0.15, 0.2) is 0 Å². The van der Waals surface area contributed by atoms with Crippen LogP contribution in [0.15, 0.2) is 60.7 Å². The van der Waals surface area contributed by atoms with Crippen molar-refractivity contribution in [1.82, 2.24) is 14.7 Å². The number of rotatable bonds is 5. The first-order valence-corrected chi connectivity index (χ1v) is 10.6. The van der Waals surface area contributed by atoms with E-state index in [9.17, 15) is 0 Å². The van der Waals surface area contributed by atoms with E-state index in [0.29, 0.717) is 0 Å². The lowest BCUT2D eigenvalue weighted by atomic mass is 9.87. The standard InChI is InChI=1S/C24H31N3/c1-3-7-20(8-4-1)15-25-13-11-23(12-14-25)27-18-22-17-26(19-24(22)27)16-21-9-5-2-6-10-21/h1-10,22-24H,11-19H2. The van der Waals surface area contributed by atoms with Gasteiger partial charge in [0.05, 0.1) is 0 Å². The number of nitrogens with zero attached hydrogens (tertiary/aromatic N) is 3. The second-order valence-corrected chi connectivity index (χ2v) is 8.70. The van der Waals surface area contributed by atoms with Crippen LogP contribution in [0.4, 0.5) is 0 Å². The van der Waals surface area contributed by atoms with E-state index in [1.165, 1.54) is 56.7 Å². The molecule has 2 aromatic rings. The number of likely N-dealkylation sites (tertiary alicyclic amines) is 3. The largest absolute Gasteiger partial charge is 0.299 e. The molecule has 3 heteroatoms. The molecule has 0 aliphatic carbocycles. The van der Waals surface area contributed by atoms with E-state index in [1.807, 2.05) is 0 Å². The van der Waals surface area contributed by atoms with E-state index in [2.05, 4.69) is 75.4 Å². The van der Waals surface area contributed by atoms with Crippen molar-refractivity contribution in [2.75, 3.05) is 32.7 Å². The summed E-state index contributed by atoms with van der Waals surface area (Å²) in [7, 11) is 0. The van der Waals surface area contributed by atoms with Gasteiger partial charge in [-0.05, 0) is 37.1 Å². The van der Waals surface area contributed by atoms with Gasteiger partial charge in [0.25, 0.3) is 0 Å². The van der Waals surface area contributed by atoms with Crippen LogP contribution < -0.4 is 0 Å². The summed E-state index contributed by atoms with van der Waals surface area (Å²) in [5.41, 5.74) is 2.91. The molecule has 3 heterocycles. The normalized spacial score (nSPS) is 27.4. The third-order valence-corrected chi connectivity index (χ3v) is 6.88. The van der Waals surface area contributed by atoms with E-state index in [1.54, 1.807) is 0 Å². The molecule has 27 heavy (non-hydrogen) atoms. The molecule has 3 aliphatic rings. The molecular weight excluding hydrogens is 330 g/mol. The highest BCUT2D eigenvalue weighted by Crippen LogP contribution is 2.37. The number of hydrogen-bond acceptors (Lipinski definition) is 3. The first-order valence-electron chi connectivity index (χ1n) is 10.6. The number of piperidine rings is 1. The van der Waals surface area contributed by atoms with Crippen LogP contribution in [0.5, 0.6) is 0 Å². The molecule has 0 saturated carbocycles. The third-order valence-electron chi connectivity index (χ3n) is 6.88. The molecule has 5 rings (SSSR count). The Morgan fingerprint density at radius 3 is 1.89 bits per heavy atom. The fourth-order valence-corrected chi connectivity index (χ4v) is 5.41. The number of benzene rings is 2. The van der Waals surface area contributed by atoms with Crippen LogP contribution in [-0.4, -0.2) is 59.5 Å². The molecule has 0 amide bonds. The average Bonchev–Trinajstić information content (AvgIpc) is 3.01. The molecule has 0 N–H and O–H groups in total. The van der Waals surface area contributed by atoms with Gasteiger partial charge in [-0.1, -0.05) is 60.7 Å². The molecule has 3 saturated heterocycles. The molecule has 142 valence electrons. The Bertz CT molecular complexity index is 724. The van der Waals surface area contributed by atoms with Crippen molar-refractivity contribution >= 4 is 0 Å². The van der Waals surface area contributed by atoms with Gasteiger partial charge >= 0.3 is 0 Å². The lowest BCUT2D eigenvalue weighted by molar-refractivity contribution is -0.0178. The zero-order chi connectivity index (χ0) is 18.1. The van der Waals surface area contributed by atoms with Gasteiger partial charge < -0.3 is 0 Å². The van der Waals surface area contributed by atoms with Gasteiger partial charge in [0.1, 0.15) is 0 Å². The summed E-state index contributed by atoms with van der Waals surface area (Å²) in [6.07, 6.45) is 2.68. The Kier molecular flexibility index (Phi) is 5.00. The van der Waals surface area contributed by atoms with Crippen LogP contribution in [0.25, 0.3) is 0 Å². The zero-order valence-electron chi connectivity index (χ0n) is 16.2. The van der Waals surface area contributed by atoms with Crippen LogP contribution in [0.3, 0.4) is 0 Å². The van der Waals surface area contributed by atoms with Gasteiger partial charge in [-0.2, -0.15) is 0 Å². The maximum atomic E-state index is 2.84. The molecule has 2 aromatic carbocycles. The monoisotopic (exact) mass is 361 g/mol. The summed E-state index contributed by atoms with van der Waals surface area (Å²) in [6, 6.07) is 23.5. The molecule has 3 fully saturated rings. The summed E-state index contributed by atoms with van der Waals surface area (Å²) in [5, 5.41) is 0. The van der Waals surface area contributed by atoms with Crippen molar-refractivity contribution in [2.45, 2.75) is 38.0 Å². The highest BCUT2D eigenvalue weighted by atomic mass is 15.3. The SMILES string of the molecule is c1ccc(CN2CCC(N3CC4CN(Cc5ccccc5)CC43)CC2)cc1. The van der Waals surface area contributed by atoms with E-state index < -0.39 is 0 Å². The van der Waals surface area contributed by atoms with E-state index in [0.717, 1.165) is 31.1 Å². The predicted molar refractivity (Wildman–Crippen MR) is 110 cm³/mol. The lowest BCUT2D eigenvalue weighted by Crippen LogP contribution is -2.61. The molecular formula is C24H31N3. The minimum atomic E-state index is 0.815. The Morgan fingerprint density at radius 2 is 1.26 bits per heavy atom. The van der Waals surface area contributed by atoms with Gasteiger partial charge in [-0.15, -0.1) is 0 Å². The average molecular weight is 362 g/mol. The molecule has 3 nitrogen and oxygen atoms in total. The fourth-order valence-electron chi connectivity index (χ4n) is 5.41. The highest BCUT2D eigenvalue weighted by Gasteiger charge is 2.48. The third kappa shape index (κ3) is 3.82. The maximum absolute atomic E-state index is 2.84. The van der Waals surface area contributed by atoms with Gasteiger partial charge in [-0.25, -0.2) is 0 Å². The van der Waals surface area contributed by atoms with Crippen molar-refractivity contribution in [1.29, 1.82) is 0 Å². The van der Waals surface area contributed by atoms with Crippen LogP contribution in [0.2, 0.25) is 0 Å². The zero-order valence-corrected chi connectivity index (χ0v) is 16.2. The first-order chi connectivity index (χ1) is 13.3. The molecule has 0 aromatic heterocycles. The van der Waals surface area contributed by atoms with Crippen LogP contribution in [0.1, 0.15) is 24.0 Å². The lowest BCUT2D eigenvalue weighted by Gasteiger charge is -2.50. The van der Waals surface area contributed by atoms with E-state index in [4.69, 9.17) is 0 Å². The van der Waals surface area contributed by atoms with Gasteiger partial charge in [-0.3, -0.25) is 14.7 Å². The second-order valence-electron chi connectivity index (χ2n) is 8.70. The van der Waals surface area contributed by atoms with Crippen molar-refractivity contribution in [3.8, 4) is 0 Å². The molecule has 0 bridgehead atoms. The topological polar surface area (TPSA) is 9.72 Å². The maximum Gasteiger partial charge on any atom is 0.0279 e. The minimum Gasteiger partial charge on any atom is -0.299 e. The van der Waals surface area contributed by atoms with Crippen LogP contribution in [0, 0.1) is 5.92 Å². The minimum absolute atomic E-state index is 0.815. The summed E-state index contributed by atoms with van der Waals surface area (Å²) in [5.74, 6) is 0.913. The Labute approximate surface area is 163 Å². The highest BCUT2D eigenvalue weighted by molar-refractivity contribution is 5.16. The smallest absolute Gasteiger partial charge is 0.0279 e. The van der Waals surface area contributed by atoms with Crippen molar-refractivity contribution in [2.24, 2.45) is 5.92 Å². The van der Waals surface area contributed by atoms with Crippen LogP contribution in [-0.2, 0) is 13.1 Å². The summed E-state index contributed by atoms with van der Waals surface area (Å²) < 4.78 is 0. The summed E-state index contributed by atoms with van der Waals surface area (Å²) in [6.45, 7) is 8.63. The molecule has 0 radical (unpaired) electrons. The van der Waals surface area contributed by atoms with Crippen molar-refractivity contribution in [3.05, 3.63) is 71.8 Å². The van der Waals surface area contributed by atoms with Crippen molar-refractivity contribution < 1.29 is 0 Å². The second kappa shape index (κ2) is 7.75. The molecule has 0 spiro atoms. The Morgan fingerprint density at radius 1 is 0.667 bits per heavy atom. The fraction of sp³-hybridized carbons (Fsp3) is 0.500. The molecule has 3 aliphatic heterocycles. The van der Waals surface area contributed by atoms with E-state index in [-0.39, 0.29) is 0 Å². The molecule has 2 unspecified atom stereocenters. The summed E-state index contributed by atoms with van der Waals surface area (Å²) in [4.78, 5) is 8.16. The molecule has 2 atom stereocenters. The number of hydrogen-bond donors (Lipinski definition) is 0. The quantitative estimate of drug-likeness (QED) is 0.807. The van der Waals surface area contributed by atoms with E-state index >= 15 is 0 Å². The first kappa shape index (κ1) is 17.4.